The summed E-state index contributed by atoms with van der Waals surface area (Å²) in [4.78, 5) is 4.25. The molecule has 0 fully saturated rings. The lowest BCUT2D eigenvalue weighted by atomic mass is 10.1. The number of aromatic nitrogens is 1. The first kappa shape index (κ1) is 8.97. The largest absolute Gasteiger partial charge is 0.444 e. The fourth-order valence-electron chi connectivity index (χ4n) is 1.31. The predicted molar refractivity (Wildman–Crippen MR) is 54.6 cm³/mol. The molecule has 0 unspecified atom stereocenters. The van der Waals surface area contributed by atoms with Crippen molar-refractivity contribution in [2.24, 2.45) is 5.73 Å². The number of hydrogen-bond donors (Lipinski definition) is 1. The van der Waals surface area contributed by atoms with Gasteiger partial charge in [-0.05, 0) is 19.1 Å². The van der Waals surface area contributed by atoms with Gasteiger partial charge in [-0.25, -0.2) is 4.98 Å². The van der Waals surface area contributed by atoms with E-state index in [1.165, 1.54) is 5.56 Å². The van der Waals surface area contributed by atoms with Gasteiger partial charge in [-0.15, -0.1) is 0 Å². The molecular formula is C11H12N2O. The zero-order chi connectivity index (χ0) is 9.97. The van der Waals surface area contributed by atoms with Crippen LogP contribution in [-0.2, 0) is 6.54 Å². The van der Waals surface area contributed by atoms with E-state index >= 15 is 0 Å². The maximum absolute atomic E-state index is 5.45. The predicted octanol–water partition coefficient (Wildman–Crippen LogP) is 2.11. The summed E-state index contributed by atoms with van der Waals surface area (Å²) in [5.74, 6) is 0.633. The second-order valence-corrected chi connectivity index (χ2v) is 3.22. The van der Waals surface area contributed by atoms with Crippen LogP contribution in [0.15, 0.2) is 34.9 Å². The van der Waals surface area contributed by atoms with E-state index in [0.29, 0.717) is 12.4 Å². The molecule has 0 saturated heterocycles. The van der Waals surface area contributed by atoms with Gasteiger partial charge in [-0.3, -0.25) is 0 Å². The van der Waals surface area contributed by atoms with E-state index in [1.807, 2.05) is 31.2 Å². The lowest BCUT2D eigenvalue weighted by molar-refractivity contribution is 0.572. The summed E-state index contributed by atoms with van der Waals surface area (Å²) in [6.45, 7) is 2.45. The molecule has 3 nitrogen and oxygen atoms in total. The normalized spacial score (nSPS) is 10.4. The highest BCUT2D eigenvalue weighted by atomic mass is 16.3. The van der Waals surface area contributed by atoms with E-state index in [4.69, 9.17) is 10.2 Å². The summed E-state index contributed by atoms with van der Waals surface area (Å²) in [7, 11) is 0. The summed E-state index contributed by atoms with van der Waals surface area (Å²) in [5.41, 5.74) is 8.41. The summed E-state index contributed by atoms with van der Waals surface area (Å²) < 4.78 is 5.31. The Morgan fingerprint density at radius 2 is 2.29 bits per heavy atom. The first-order chi connectivity index (χ1) is 6.79. The van der Waals surface area contributed by atoms with Gasteiger partial charge in [-0.2, -0.15) is 0 Å². The number of rotatable bonds is 2. The highest BCUT2D eigenvalue weighted by Crippen LogP contribution is 2.19. The molecule has 0 aliphatic rings. The maximum Gasteiger partial charge on any atom is 0.226 e. The number of hydrogen-bond acceptors (Lipinski definition) is 3. The van der Waals surface area contributed by atoms with Crippen LogP contribution in [0.3, 0.4) is 0 Å². The van der Waals surface area contributed by atoms with Crippen LogP contribution in [0.25, 0.3) is 11.5 Å². The Labute approximate surface area is 82.6 Å². The molecule has 14 heavy (non-hydrogen) atoms. The number of oxazole rings is 1. The SMILES string of the molecule is Cc1cccc(-c2nc(CN)co2)c1. The third-order valence-electron chi connectivity index (χ3n) is 2.03. The van der Waals surface area contributed by atoms with E-state index in [0.717, 1.165) is 11.3 Å². The maximum atomic E-state index is 5.45. The average Bonchev–Trinajstić information content (AvgIpc) is 2.66. The van der Waals surface area contributed by atoms with Crippen LogP contribution in [0.1, 0.15) is 11.3 Å². The van der Waals surface area contributed by atoms with Gasteiger partial charge >= 0.3 is 0 Å². The molecule has 1 aromatic heterocycles. The first-order valence-electron chi connectivity index (χ1n) is 4.51. The third-order valence-corrected chi connectivity index (χ3v) is 2.03. The van der Waals surface area contributed by atoms with Crippen LogP contribution in [0.2, 0.25) is 0 Å². The van der Waals surface area contributed by atoms with Crippen LogP contribution >= 0.6 is 0 Å². The van der Waals surface area contributed by atoms with Crippen molar-refractivity contribution in [1.29, 1.82) is 0 Å². The van der Waals surface area contributed by atoms with Crippen LogP contribution < -0.4 is 5.73 Å². The molecule has 0 aliphatic heterocycles. The van der Waals surface area contributed by atoms with Crippen molar-refractivity contribution < 1.29 is 4.42 Å². The number of benzene rings is 1. The molecule has 0 saturated carbocycles. The van der Waals surface area contributed by atoms with Crippen molar-refractivity contribution >= 4 is 0 Å². The monoisotopic (exact) mass is 188 g/mol. The fraction of sp³-hybridized carbons (Fsp3) is 0.182. The Hall–Kier alpha value is -1.61. The van der Waals surface area contributed by atoms with Gasteiger partial charge in [0.1, 0.15) is 6.26 Å². The number of aryl methyl sites for hydroxylation is 1. The topological polar surface area (TPSA) is 52.0 Å². The van der Waals surface area contributed by atoms with Crippen molar-refractivity contribution in [1.82, 2.24) is 4.98 Å². The van der Waals surface area contributed by atoms with Gasteiger partial charge in [0, 0.05) is 12.1 Å². The van der Waals surface area contributed by atoms with Crippen LogP contribution in [0.5, 0.6) is 0 Å². The number of nitrogens with zero attached hydrogens (tertiary/aromatic N) is 1. The van der Waals surface area contributed by atoms with Crippen molar-refractivity contribution in [3.05, 3.63) is 41.8 Å². The Bertz CT molecular complexity index is 434. The fourth-order valence-corrected chi connectivity index (χ4v) is 1.31. The summed E-state index contributed by atoms with van der Waals surface area (Å²) in [5, 5.41) is 0. The van der Waals surface area contributed by atoms with Crippen molar-refractivity contribution in [3.63, 3.8) is 0 Å². The van der Waals surface area contributed by atoms with Gasteiger partial charge in [-0.1, -0.05) is 17.7 Å². The van der Waals surface area contributed by atoms with E-state index in [1.54, 1.807) is 6.26 Å². The van der Waals surface area contributed by atoms with Crippen molar-refractivity contribution in [2.45, 2.75) is 13.5 Å². The molecule has 0 atom stereocenters. The molecule has 2 aromatic rings. The molecule has 2 rings (SSSR count). The van der Waals surface area contributed by atoms with Crippen LogP contribution in [-0.4, -0.2) is 4.98 Å². The lowest BCUT2D eigenvalue weighted by Crippen LogP contribution is -1.95. The standard InChI is InChI=1S/C11H12N2O/c1-8-3-2-4-9(5-8)11-13-10(6-12)7-14-11/h2-5,7H,6,12H2,1H3. The second-order valence-electron chi connectivity index (χ2n) is 3.22. The lowest BCUT2D eigenvalue weighted by Gasteiger charge is -1.95. The number of nitrogens with two attached hydrogens (primary N) is 1. The van der Waals surface area contributed by atoms with Crippen molar-refractivity contribution in [2.75, 3.05) is 0 Å². The highest BCUT2D eigenvalue weighted by Gasteiger charge is 2.04. The van der Waals surface area contributed by atoms with Gasteiger partial charge in [0.05, 0.1) is 5.69 Å². The van der Waals surface area contributed by atoms with E-state index < -0.39 is 0 Å². The van der Waals surface area contributed by atoms with Gasteiger partial charge < -0.3 is 10.2 Å². The Morgan fingerprint density at radius 1 is 1.43 bits per heavy atom. The van der Waals surface area contributed by atoms with Crippen LogP contribution in [0, 0.1) is 6.92 Å². The third kappa shape index (κ3) is 1.67. The molecule has 1 aromatic carbocycles. The summed E-state index contributed by atoms with van der Waals surface area (Å²) >= 11 is 0. The Morgan fingerprint density at radius 3 is 2.93 bits per heavy atom. The minimum atomic E-state index is 0.412. The molecule has 72 valence electrons. The van der Waals surface area contributed by atoms with E-state index in [9.17, 15) is 0 Å². The molecule has 0 bridgehead atoms. The van der Waals surface area contributed by atoms with E-state index in [-0.39, 0.29) is 0 Å². The van der Waals surface area contributed by atoms with Gasteiger partial charge in [0.25, 0.3) is 0 Å². The molecule has 1 heterocycles. The smallest absolute Gasteiger partial charge is 0.226 e. The van der Waals surface area contributed by atoms with Crippen LogP contribution in [0.4, 0.5) is 0 Å². The minimum Gasteiger partial charge on any atom is -0.444 e. The average molecular weight is 188 g/mol. The van der Waals surface area contributed by atoms with Gasteiger partial charge in [0.2, 0.25) is 5.89 Å². The highest BCUT2D eigenvalue weighted by molar-refractivity contribution is 5.54. The summed E-state index contributed by atoms with van der Waals surface area (Å²) in [6, 6.07) is 8.03. The molecule has 0 spiro atoms. The Balaban J connectivity index is 2.39. The minimum absolute atomic E-state index is 0.412. The Kier molecular flexibility index (Phi) is 2.33. The molecule has 0 aliphatic carbocycles. The van der Waals surface area contributed by atoms with Crippen molar-refractivity contribution in [3.8, 4) is 11.5 Å². The molecule has 0 radical (unpaired) electrons. The molecule has 3 heteroatoms. The second kappa shape index (κ2) is 3.64. The van der Waals surface area contributed by atoms with Gasteiger partial charge in [0.15, 0.2) is 0 Å². The first-order valence-corrected chi connectivity index (χ1v) is 4.51. The molecule has 0 amide bonds. The van der Waals surface area contributed by atoms with E-state index in [2.05, 4.69) is 4.98 Å². The molecule has 2 N–H and O–H groups in total. The summed E-state index contributed by atoms with van der Waals surface area (Å²) in [6.07, 6.45) is 1.59. The zero-order valence-corrected chi connectivity index (χ0v) is 8.03. The quantitative estimate of drug-likeness (QED) is 0.785. The molecular weight excluding hydrogens is 176 g/mol. The zero-order valence-electron chi connectivity index (χ0n) is 8.03.